The Hall–Kier alpha value is -5.23. The number of carbonyl (C=O) groups is 4. The van der Waals surface area contributed by atoms with E-state index in [1.54, 1.807) is 12.1 Å². The Kier molecular flexibility index (Phi) is 12.0. The maximum atomic E-state index is 14.5. The van der Waals surface area contributed by atoms with Gasteiger partial charge in [-0.3, -0.25) is 24.7 Å². The smallest absolute Gasteiger partial charge is 0.359 e. The largest absolute Gasteiger partial charge is 0.488 e. The van der Waals surface area contributed by atoms with Gasteiger partial charge in [0.1, 0.15) is 18.1 Å². The zero-order valence-corrected chi connectivity index (χ0v) is 29.3. The fraction of sp³-hybridized carbons (Fsp3) is 0.400. The molecule has 0 aromatic heterocycles. The van der Waals surface area contributed by atoms with Crippen LogP contribution in [0, 0.1) is 29.3 Å². The summed E-state index contributed by atoms with van der Waals surface area (Å²) in [7, 11) is 0. The summed E-state index contributed by atoms with van der Waals surface area (Å²) in [6.07, 6.45) is 2.74. The third-order valence-electron chi connectivity index (χ3n) is 10.1. The normalized spacial score (nSPS) is 21.5. The number of piperazine rings is 1. The van der Waals surface area contributed by atoms with Gasteiger partial charge in [0.2, 0.25) is 11.7 Å². The van der Waals surface area contributed by atoms with Crippen molar-refractivity contribution in [2.45, 2.75) is 80.6 Å². The number of hydrogen-bond acceptors (Lipinski definition) is 10. The highest BCUT2D eigenvalue weighted by Gasteiger charge is 2.58. The van der Waals surface area contributed by atoms with E-state index in [0.717, 1.165) is 30.0 Å². The molecule has 3 aromatic carbocycles. The number of rotatable bonds is 18. The summed E-state index contributed by atoms with van der Waals surface area (Å²) in [5.74, 6) is 0.734. The van der Waals surface area contributed by atoms with Gasteiger partial charge >= 0.3 is 12.4 Å². The molecule has 0 radical (unpaired) electrons. The maximum absolute atomic E-state index is 14.5. The summed E-state index contributed by atoms with van der Waals surface area (Å²) < 4.78 is 46.8. The van der Waals surface area contributed by atoms with E-state index >= 15 is 0 Å². The van der Waals surface area contributed by atoms with Crippen molar-refractivity contribution in [3.05, 3.63) is 100 Å². The van der Waals surface area contributed by atoms with Gasteiger partial charge in [-0.2, -0.15) is 4.39 Å². The first-order valence-corrected chi connectivity index (χ1v) is 17.8. The van der Waals surface area contributed by atoms with Crippen LogP contribution in [0.5, 0.6) is 5.75 Å². The number of nitrogens with zero attached hydrogens (tertiary/aromatic N) is 1. The second kappa shape index (κ2) is 16.8. The van der Waals surface area contributed by atoms with Crippen molar-refractivity contribution >= 4 is 24.6 Å². The number of ether oxygens (including phenoxy) is 1. The van der Waals surface area contributed by atoms with Gasteiger partial charge in [0.05, 0.1) is 24.6 Å². The van der Waals surface area contributed by atoms with Gasteiger partial charge in [-0.05, 0) is 72.4 Å². The minimum Gasteiger partial charge on any atom is -0.488 e. The van der Waals surface area contributed by atoms with Gasteiger partial charge < -0.3 is 20.0 Å². The minimum absolute atomic E-state index is 0.0475. The highest BCUT2D eigenvalue weighted by atomic mass is 19.2. The third kappa shape index (κ3) is 8.44. The summed E-state index contributed by atoms with van der Waals surface area (Å²) in [5, 5.41) is 18.6. The molecular weight excluding hydrogens is 707 g/mol. The number of hydrogen-bond donors (Lipinski definition) is 3. The molecule has 11 nitrogen and oxygen atoms in total. The van der Waals surface area contributed by atoms with Crippen molar-refractivity contribution < 1.29 is 52.0 Å². The fourth-order valence-corrected chi connectivity index (χ4v) is 7.46. The van der Waals surface area contributed by atoms with E-state index < -0.39 is 71.3 Å². The number of benzene rings is 3. The molecule has 0 spiro atoms. The van der Waals surface area contributed by atoms with Gasteiger partial charge in [-0.15, -0.1) is 0 Å². The Morgan fingerprint density at radius 2 is 1.80 bits per heavy atom. The maximum Gasteiger partial charge on any atom is 0.359 e. The Bertz CT molecular complexity index is 1930. The molecule has 2 heterocycles. The summed E-state index contributed by atoms with van der Waals surface area (Å²) in [6, 6.07) is 15.0. The van der Waals surface area contributed by atoms with Crippen molar-refractivity contribution in [1.82, 2.24) is 15.5 Å². The second-order valence-electron chi connectivity index (χ2n) is 13.7. The van der Waals surface area contributed by atoms with Crippen molar-refractivity contribution in [1.29, 1.82) is 0 Å². The third-order valence-corrected chi connectivity index (χ3v) is 10.1. The van der Waals surface area contributed by atoms with Crippen molar-refractivity contribution in [2.75, 3.05) is 19.7 Å². The summed E-state index contributed by atoms with van der Waals surface area (Å²) in [4.78, 5) is 59.9. The molecule has 1 saturated heterocycles. The van der Waals surface area contributed by atoms with Crippen LogP contribution in [0.2, 0.25) is 0 Å². The lowest BCUT2D eigenvalue weighted by Crippen LogP contribution is -2.76. The zero-order chi connectivity index (χ0) is 38.3. The van der Waals surface area contributed by atoms with Crippen LogP contribution in [0.1, 0.15) is 66.7 Å². The predicted molar refractivity (Wildman–Crippen MR) is 187 cm³/mol. The average Bonchev–Trinajstić information content (AvgIpc) is 4.01. The zero-order valence-electron chi connectivity index (χ0n) is 29.3. The molecule has 3 N–H and O–H groups in total. The van der Waals surface area contributed by atoms with Crippen molar-refractivity contribution in [2.24, 2.45) is 0 Å². The average molecular weight is 748 g/mol. The molecule has 2 aliphatic heterocycles. The van der Waals surface area contributed by atoms with Crippen LogP contribution in [0.3, 0.4) is 0 Å². The van der Waals surface area contributed by atoms with E-state index in [4.69, 9.17) is 4.74 Å². The highest BCUT2D eigenvalue weighted by molar-refractivity contribution is 5.85. The molecule has 1 aliphatic carbocycles. The number of aliphatic hydroxyl groups is 1. The minimum atomic E-state index is -2.24. The predicted octanol–water partition coefficient (Wildman–Crippen LogP) is 3.90. The second-order valence-corrected chi connectivity index (χ2v) is 13.7. The fourth-order valence-electron chi connectivity index (χ4n) is 7.46. The van der Waals surface area contributed by atoms with Crippen LogP contribution < -0.4 is 15.4 Å². The lowest BCUT2D eigenvalue weighted by Gasteiger charge is -2.56. The quantitative estimate of drug-likeness (QED) is 0.0438. The van der Waals surface area contributed by atoms with E-state index in [1.807, 2.05) is 30.3 Å². The van der Waals surface area contributed by atoms with E-state index in [0.29, 0.717) is 43.1 Å². The summed E-state index contributed by atoms with van der Waals surface area (Å²) in [5.41, 5.74) is 0.367. The molecule has 3 aromatic rings. The van der Waals surface area contributed by atoms with Crippen molar-refractivity contribution in [3.8, 4) is 17.6 Å². The van der Waals surface area contributed by atoms with Crippen LogP contribution in [0.15, 0.2) is 60.7 Å². The summed E-state index contributed by atoms with van der Waals surface area (Å²) >= 11 is 0. The van der Waals surface area contributed by atoms with Gasteiger partial charge in [-0.1, -0.05) is 60.4 Å². The van der Waals surface area contributed by atoms with Crippen LogP contribution in [-0.2, 0) is 47.3 Å². The Morgan fingerprint density at radius 1 is 1.04 bits per heavy atom. The van der Waals surface area contributed by atoms with E-state index in [-0.39, 0.29) is 32.6 Å². The molecule has 4 atom stereocenters. The number of amides is 1. The first kappa shape index (κ1) is 38.5. The Morgan fingerprint density at radius 3 is 2.54 bits per heavy atom. The SMILES string of the molecule is O=CCC(O)(CC(=O)OOC=O)N1CC2C#CCC(c3ccc(CCCOc4c(F)ccc(F)c4F)cc3)(N2)C1C(=O)NCCc1ccccc1C1CC1. The molecule has 14 heteroatoms. The molecule has 3 aliphatic rings. The molecule has 2 fully saturated rings. The van der Waals surface area contributed by atoms with Crippen LogP contribution >= 0.6 is 0 Å². The number of halogens is 3. The molecule has 1 saturated carbocycles. The number of aldehydes is 1. The van der Waals surface area contributed by atoms with Gasteiger partial charge in [0, 0.05) is 25.9 Å². The van der Waals surface area contributed by atoms with E-state index in [9.17, 15) is 37.5 Å². The monoisotopic (exact) mass is 747 g/mol. The van der Waals surface area contributed by atoms with Crippen LogP contribution in [0.25, 0.3) is 0 Å². The molecule has 4 unspecified atom stereocenters. The topological polar surface area (TPSA) is 144 Å². The number of aryl methyl sites for hydroxylation is 1. The van der Waals surface area contributed by atoms with Gasteiger partial charge in [0.15, 0.2) is 17.4 Å². The number of nitrogens with one attached hydrogen (secondary N) is 2. The standard InChI is InChI=1S/C40H40F3N3O8/c41-32-15-16-33(42)36(35(32)43)52-22-4-5-26-9-13-29(14-10-26)40-18-3-7-30(45-40)24-46(39(51,19-21-47)23-34(49)54-53-25-48)37(40)38(50)44-20-17-27-6-1-2-8-31(27)28-11-12-28/h1-2,6,8-10,13-16,21,25,28,30,37,45,51H,4-5,11-12,17-20,22-24H2,(H,44,50). The van der Waals surface area contributed by atoms with Crippen molar-refractivity contribution in [3.63, 3.8) is 0 Å². The first-order valence-electron chi connectivity index (χ1n) is 17.8. The lowest BCUT2D eigenvalue weighted by molar-refractivity contribution is -0.256. The Balaban J connectivity index is 1.26. The van der Waals surface area contributed by atoms with Crippen LogP contribution in [-0.4, -0.2) is 72.1 Å². The van der Waals surface area contributed by atoms with E-state index in [2.05, 4.69) is 38.3 Å². The molecule has 6 rings (SSSR count). The van der Waals surface area contributed by atoms with Gasteiger partial charge in [-0.25, -0.2) is 18.5 Å². The first-order chi connectivity index (χ1) is 26.1. The summed E-state index contributed by atoms with van der Waals surface area (Å²) in [6.45, 7) is 0.0343. The van der Waals surface area contributed by atoms with E-state index in [1.165, 1.54) is 10.5 Å². The number of carbonyl (C=O) groups excluding carboxylic acids is 4. The lowest BCUT2D eigenvalue weighted by atomic mass is 9.73. The molecule has 284 valence electrons. The molecule has 2 bridgehead atoms. The molecule has 54 heavy (non-hydrogen) atoms. The number of fused-ring (bicyclic) bond motifs is 2. The highest BCUT2D eigenvalue weighted by Crippen LogP contribution is 2.43. The molecular formula is C40H40F3N3O8. The molecule has 1 amide bonds. The van der Waals surface area contributed by atoms with Crippen LogP contribution in [0.4, 0.5) is 13.2 Å². The Labute approximate surface area is 310 Å². The van der Waals surface area contributed by atoms with Gasteiger partial charge in [0.25, 0.3) is 0 Å².